The number of ketones is 1. The number of aromatic nitrogens is 2. The predicted molar refractivity (Wildman–Crippen MR) is 89.7 cm³/mol. The van der Waals surface area contributed by atoms with Crippen LogP contribution in [0.25, 0.3) is 11.3 Å². The minimum atomic E-state index is -0.319. The van der Waals surface area contributed by atoms with Crippen molar-refractivity contribution in [2.75, 3.05) is 0 Å². The first-order chi connectivity index (χ1) is 11.1. The zero-order chi connectivity index (χ0) is 16.2. The molecule has 1 aromatic heterocycles. The van der Waals surface area contributed by atoms with Crippen LogP contribution in [0.4, 0.5) is 0 Å². The number of carbonyl (C=O) groups excluding carboxylic acids is 1. The van der Waals surface area contributed by atoms with Crippen LogP contribution >= 0.6 is 11.6 Å². The highest BCUT2D eigenvalue weighted by Gasteiger charge is 2.10. The Kier molecular flexibility index (Phi) is 4.35. The molecule has 0 fully saturated rings. The van der Waals surface area contributed by atoms with E-state index < -0.39 is 0 Å². The molecule has 0 aliphatic carbocycles. The molecule has 0 amide bonds. The molecule has 4 nitrogen and oxygen atoms in total. The summed E-state index contributed by atoms with van der Waals surface area (Å²) in [5.41, 5.74) is 1.61. The molecular formula is C18H13ClN2O2. The highest BCUT2D eigenvalue weighted by Crippen LogP contribution is 2.19. The van der Waals surface area contributed by atoms with Crippen molar-refractivity contribution in [2.45, 2.75) is 6.54 Å². The predicted octanol–water partition coefficient (Wildman–Crippen LogP) is 3.45. The van der Waals surface area contributed by atoms with Gasteiger partial charge in [0.05, 0.1) is 5.69 Å². The standard InChI is InChI=1S/C18H13ClN2O2/c19-15-8-4-7-14(11-15)16-9-10-18(23)21(20-16)12-17(22)13-5-2-1-3-6-13/h1-11H,12H2. The van der Waals surface area contributed by atoms with E-state index in [1.165, 1.54) is 10.7 Å². The Morgan fingerprint density at radius 2 is 1.78 bits per heavy atom. The quantitative estimate of drug-likeness (QED) is 0.691. The van der Waals surface area contributed by atoms with Crippen LogP contribution in [-0.2, 0) is 6.54 Å². The van der Waals surface area contributed by atoms with Crippen molar-refractivity contribution in [3.63, 3.8) is 0 Å². The molecule has 0 N–H and O–H groups in total. The van der Waals surface area contributed by atoms with E-state index in [0.717, 1.165) is 5.56 Å². The Balaban J connectivity index is 1.92. The van der Waals surface area contributed by atoms with Crippen molar-refractivity contribution in [2.24, 2.45) is 0 Å². The highest BCUT2D eigenvalue weighted by molar-refractivity contribution is 6.30. The van der Waals surface area contributed by atoms with E-state index in [2.05, 4.69) is 5.10 Å². The van der Waals surface area contributed by atoms with Gasteiger partial charge in [-0.15, -0.1) is 0 Å². The zero-order valence-electron chi connectivity index (χ0n) is 12.1. The molecule has 0 atom stereocenters. The van der Waals surface area contributed by atoms with E-state index in [-0.39, 0.29) is 17.9 Å². The van der Waals surface area contributed by atoms with E-state index in [4.69, 9.17) is 11.6 Å². The van der Waals surface area contributed by atoms with Gasteiger partial charge in [0.1, 0.15) is 6.54 Å². The van der Waals surface area contributed by atoms with Crippen LogP contribution in [0.5, 0.6) is 0 Å². The molecule has 2 aromatic carbocycles. The number of halogens is 1. The van der Waals surface area contributed by atoms with Crippen molar-refractivity contribution in [3.8, 4) is 11.3 Å². The number of hydrogen-bond acceptors (Lipinski definition) is 3. The number of benzene rings is 2. The number of carbonyl (C=O) groups is 1. The van der Waals surface area contributed by atoms with E-state index in [9.17, 15) is 9.59 Å². The molecule has 0 aliphatic heterocycles. The number of rotatable bonds is 4. The molecule has 3 aromatic rings. The molecule has 0 saturated heterocycles. The lowest BCUT2D eigenvalue weighted by atomic mass is 10.1. The average Bonchev–Trinajstić information content (AvgIpc) is 2.57. The van der Waals surface area contributed by atoms with Crippen molar-refractivity contribution in [1.82, 2.24) is 9.78 Å². The third-order valence-corrected chi connectivity index (χ3v) is 3.61. The molecule has 3 rings (SSSR count). The second-order valence-corrected chi connectivity index (χ2v) is 5.45. The van der Waals surface area contributed by atoms with Crippen molar-refractivity contribution < 1.29 is 4.79 Å². The normalized spacial score (nSPS) is 10.5. The molecule has 0 spiro atoms. The maximum atomic E-state index is 12.2. The van der Waals surface area contributed by atoms with Gasteiger partial charge in [-0.1, -0.05) is 54.1 Å². The van der Waals surface area contributed by atoms with Gasteiger partial charge in [0.2, 0.25) is 0 Å². The highest BCUT2D eigenvalue weighted by atomic mass is 35.5. The second kappa shape index (κ2) is 6.58. The molecule has 0 bridgehead atoms. The molecule has 0 aliphatic rings. The van der Waals surface area contributed by atoms with Gasteiger partial charge in [-0.05, 0) is 18.2 Å². The Labute approximate surface area is 138 Å². The minimum absolute atomic E-state index is 0.0999. The largest absolute Gasteiger partial charge is 0.292 e. The van der Waals surface area contributed by atoms with E-state index >= 15 is 0 Å². The summed E-state index contributed by atoms with van der Waals surface area (Å²) in [6.45, 7) is -0.0999. The number of nitrogens with zero attached hydrogens (tertiary/aromatic N) is 2. The van der Waals surface area contributed by atoms with Gasteiger partial charge in [0, 0.05) is 22.2 Å². The molecule has 114 valence electrons. The minimum Gasteiger partial charge on any atom is -0.292 e. The SMILES string of the molecule is O=C(Cn1nc(-c2cccc(Cl)c2)ccc1=O)c1ccccc1. The van der Waals surface area contributed by atoms with E-state index in [1.54, 1.807) is 42.5 Å². The Bertz CT molecular complexity index is 904. The summed E-state index contributed by atoms with van der Waals surface area (Å²) in [7, 11) is 0. The first-order valence-corrected chi connectivity index (χ1v) is 7.43. The molecule has 23 heavy (non-hydrogen) atoms. The summed E-state index contributed by atoms with van der Waals surface area (Å²) in [4.78, 5) is 24.2. The van der Waals surface area contributed by atoms with Gasteiger partial charge in [0.25, 0.3) is 5.56 Å². The van der Waals surface area contributed by atoms with Gasteiger partial charge in [-0.2, -0.15) is 5.10 Å². The fourth-order valence-electron chi connectivity index (χ4n) is 2.22. The third kappa shape index (κ3) is 3.55. The maximum absolute atomic E-state index is 12.2. The van der Waals surface area contributed by atoms with Crippen LogP contribution in [0.2, 0.25) is 5.02 Å². The van der Waals surface area contributed by atoms with Gasteiger partial charge in [0.15, 0.2) is 5.78 Å². The molecule has 1 heterocycles. The van der Waals surface area contributed by atoms with Crippen LogP contribution in [0, 0.1) is 0 Å². The zero-order valence-corrected chi connectivity index (χ0v) is 12.9. The Hall–Kier alpha value is -2.72. The number of Topliss-reactive ketones (excluding diaryl/α,β-unsaturated/α-hetero) is 1. The van der Waals surface area contributed by atoms with Gasteiger partial charge in [-0.3, -0.25) is 9.59 Å². The lowest BCUT2D eigenvalue weighted by molar-refractivity contribution is 0.0966. The first-order valence-electron chi connectivity index (χ1n) is 7.06. The average molecular weight is 325 g/mol. The van der Waals surface area contributed by atoms with Crippen molar-refractivity contribution in [1.29, 1.82) is 0 Å². The van der Waals surface area contributed by atoms with Crippen LogP contribution in [-0.4, -0.2) is 15.6 Å². The summed E-state index contributed by atoms with van der Waals surface area (Å²) < 4.78 is 1.17. The third-order valence-electron chi connectivity index (χ3n) is 3.38. The molecule has 0 radical (unpaired) electrons. The van der Waals surface area contributed by atoms with Crippen LogP contribution in [0.15, 0.2) is 71.5 Å². The first kappa shape index (κ1) is 15.2. The van der Waals surface area contributed by atoms with Crippen molar-refractivity contribution in [3.05, 3.63) is 87.7 Å². The van der Waals surface area contributed by atoms with Crippen LogP contribution in [0.3, 0.4) is 0 Å². The summed E-state index contributed by atoms with van der Waals surface area (Å²) >= 11 is 5.98. The Morgan fingerprint density at radius 1 is 1.00 bits per heavy atom. The second-order valence-electron chi connectivity index (χ2n) is 5.01. The summed E-state index contributed by atoms with van der Waals surface area (Å²) in [5.74, 6) is -0.163. The molecule has 0 unspecified atom stereocenters. The molecule has 0 saturated carbocycles. The van der Waals surface area contributed by atoms with Gasteiger partial charge >= 0.3 is 0 Å². The summed E-state index contributed by atoms with van der Waals surface area (Å²) in [6, 6.07) is 19.0. The maximum Gasteiger partial charge on any atom is 0.267 e. The topological polar surface area (TPSA) is 52.0 Å². The Morgan fingerprint density at radius 3 is 2.52 bits per heavy atom. The number of hydrogen-bond donors (Lipinski definition) is 0. The van der Waals surface area contributed by atoms with Crippen molar-refractivity contribution >= 4 is 17.4 Å². The molecular weight excluding hydrogens is 312 g/mol. The van der Waals surface area contributed by atoms with Gasteiger partial charge in [-0.25, -0.2) is 4.68 Å². The fraction of sp³-hybridized carbons (Fsp3) is 0.0556. The summed E-state index contributed by atoms with van der Waals surface area (Å²) in [6.07, 6.45) is 0. The van der Waals surface area contributed by atoms with Gasteiger partial charge < -0.3 is 0 Å². The van der Waals surface area contributed by atoms with E-state index in [0.29, 0.717) is 16.3 Å². The van der Waals surface area contributed by atoms with E-state index in [1.807, 2.05) is 18.2 Å². The molecule has 5 heteroatoms. The smallest absolute Gasteiger partial charge is 0.267 e. The van der Waals surface area contributed by atoms with Crippen LogP contribution in [0.1, 0.15) is 10.4 Å². The lowest BCUT2D eigenvalue weighted by Crippen LogP contribution is -2.26. The fourth-order valence-corrected chi connectivity index (χ4v) is 2.41. The lowest BCUT2D eigenvalue weighted by Gasteiger charge is -2.07. The summed E-state index contributed by atoms with van der Waals surface area (Å²) in [5, 5.41) is 4.86. The van der Waals surface area contributed by atoms with Crippen LogP contribution < -0.4 is 5.56 Å². The monoisotopic (exact) mass is 324 g/mol.